The lowest BCUT2D eigenvalue weighted by molar-refractivity contribution is -0.331. The minimum absolute atomic E-state index is 0.0458. The normalized spacial score (nSPS) is 22.6. The van der Waals surface area contributed by atoms with Crippen LogP contribution in [-0.4, -0.2) is 80.1 Å². The number of carbonyl (C=O) groups is 3. The molecule has 3 aromatic carbocycles. The molecule has 4 atom stereocenters. The van der Waals surface area contributed by atoms with Gasteiger partial charge in [-0.05, 0) is 69.4 Å². The number of anilines is 2. The van der Waals surface area contributed by atoms with Gasteiger partial charge in [-0.15, -0.1) is 11.3 Å². The van der Waals surface area contributed by atoms with Crippen molar-refractivity contribution >= 4 is 60.9 Å². The maximum Gasteiger partial charge on any atom is 0.318 e. The molecule has 0 spiro atoms. The first kappa shape index (κ1) is 43.4. The fraction of sp³-hybridized carbons (Fsp3) is 0.370. The number of hydrogen-bond acceptors (Lipinski definition) is 11. The number of H-pyrrole nitrogens is 1. The van der Waals surface area contributed by atoms with E-state index in [9.17, 15) is 22.8 Å². The first-order valence-electron chi connectivity index (χ1n) is 21.3. The van der Waals surface area contributed by atoms with Gasteiger partial charge in [0.25, 0.3) is 15.9 Å². The number of aromatic amines is 1. The van der Waals surface area contributed by atoms with Crippen LogP contribution in [0, 0.1) is 5.92 Å². The lowest BCUT2D eigenvalue weighted by Gasteiger charge is -2.26. The van der Waals surface area contributed by atoms with Crippen molar-refractivity contribution in [3.05, 3.63) is 102 Å². The largest absolute Gasteiger partial charge is 0.497 e. The van der Waals surface area contributed by atoms with Crippen LogP contribution in [0.15, 0.2) is 101 Å². The molecule has 3 aliphatic rings. The molecule has 4 heterocycles. The maximum atomic E-state index is 14.7. The monoisotopic (exact) mass is 893 g/mol. The van der Waals surface area contributed by atoms with Crippen molar-refractivity contribution in [1.82, 2.24) is 25.2 Å². The van der Waals surface area contributed by atoms with E-state index < -0.39 is 51.5 Å². The van der Waals surface area contributed by atoms with Crippen molar-refractivity contribution in [1.29, 1.82) is 0 Å². The summed E-state index contributed by atoms with van der Waals surface area (Å²) in [5.74, 6) is -0.753. The van der Waals surface area contributed by atoms with Gasteiger partial charge in [-0.25, -0.2) is 27.9 Å². The van der Waals surface area contributed by atoms with Crippen molar-refractivity contribution < 1.29 is 37.3 Å². The number of nitrogens with one attached hydrogen (secondary N) is 6. The highest BCUT2D eigenvalue weighted by Gasteiger charge is 2.61. The number of ether oxygens (including phenoxy) is 2. The number of aromatic nitrogens is 2. The number of nitrogens with zero attached hydrogens (tertiary/aromatic N) is 2. The van der Waals surface area contributed by atoms with E-state index in [0.717, 1.165) is 47.3 Å². The van der Waals surface area contributed by atoms with Gasteiger partial charge in [-0.1, -0.05) is 61.0 Å². The summed E-state index contributed by atoms with van der Waals surface area (Å²) in [7, 11) is -2.75. The summed E-state index contributed by atoms with van der Waals surface area (Å²) < 4.78 is 42.3. The van der Waals surface area contributed by atoms with Gasteiger partial charge in [0, 0.05) is 36.9 Å². The summed E-state index contributed by atoms with van der Waals surface area (Å²) in [6.07, 6.45) is 6.95. The van der Waals surface area contributed by atoms with Crippen molar-refractivity contribution in [3.8, 4) is 22.9 Å². The fourth-order valence-corrected chi connectivity index (χ4v) is 10.2. The van der Waals surface area contributed by atoms with Gasteiger partial charge in [-0.3, -0.25) is 9.59 Å². The fourth-order valence-electron chi connectivity index (χ4n) is 8.16. The predicted octanol–water partition coefficient (Wildman–Crippen LogP) is 6.26. The lowest BCUT2D eigenvalue weighted by Crippen LogP contribution is -2.57. The SMILES string of the molecule is COc1ccc2c(O[C@@H]3C[C@@H](C(=O)N[C@]45C[C@H]4/C=C\CCCCCNc4ccccc4S(=O)(=O)NC5=O)N(C(=O)NCc4ccccc4)C3)cc(-c3csc(NC(C)C)n3)[nH+]c2c1. The number of pyridine rings is 1. The second kappa shape index (κ2) is 18.6. The van der Waals surface area contributed by atoms with E-state index in [1.165, 1.54) is 22.3 Å². The molecule has 330 valence electrons. The molecule has 1 saturated heterocycles. The minimum Gasteiger partial charge on any atom is -0.497 e. The number of urea groups is 1. The second-order valence-corrected chi connectivity index (χ2v) is 19.0. The third kappa shape index (κ3) is 9.89. The Morgan fingerprint density at radius 3 is 2.67 bits per heavy atom. The number of fused-ring (bicyclic) bond motifs is 3. The zero-order chi connectivity index (χ0) is 44.1. The third-order valence-corrected chi connectivity index (χ3v) is 13.7. The molecule has 6 N–H and O–H groups in total. The first-order chi connectivity index (χ1) is 30.4. The van der Waals surface area contributed by atoms with Gasteiger partial charge in [0.2, 0.25) is 17.1 Å². The van der Waals surface area contributed by atoms with Crippen LogP contribution < -0.4 is 40.4 Å². The van der Waals surface area contributed by atoms with E-state index in [2.05, 4.69) is 31.0 Å². The van der Waals surface area contributed by atoms with Crippen LogP contribution in [0.5, 0.6) is 11.5 Å². The van der Waals surface area contributed by atoms with Crippen molar-refractivity contribution in [3.63, 3.8) is 0 Å². The number of para-hydroxylation sites is 1. The Balaban J connectivity index is 1.09. The average molecular weight is 894 g/mol. The molecule has 5 aromatic rings. The van der Waals surface area contributed by atoms with E-state index in [4.69, 9.17) is 14.5 Å². The minimum atomic E-state index is -4.35. The van der Waals surface area contributed by atoms with E-state index in [1.54, 1.807) is 25.3 Å². The molecule has 8 rings (SSSR count). The summed E-state index contributed by atoms with van der Waals surface area (Å²) in [5.41, 5.74) is 1.83. The Morgan fingerprint density at radius 2 is 1.86 bits per heavy atom. The van der Waals surface area contributed by atoms with Gasteiger partial charge in [-0.2, -0.15) is 0 Å². The molecule has 17 heteroatoms. The number of amides is 4. The number of methoxy groups -OCH3 is 1. The summed E-state index contributed by atoms with van der Waals surface area (Å²) in [5, 5.41) is 15.9. The van der Waals surface area contributed by atoms with E-state index in [0.29, 0.717) is 35.1 Å². The first-order valence-corrected chi connectivity index (χ1v) is 23.7. The van der Waals surface area contributed by atoms with Gasteiger partial charge >= 0.3 is 6.03 Å². The maximum absolute atomic E-state index is 14.7. The molecule has 4 amide bonds. The molecule has 63 heavy (non-hydrogen) atoms. The number of carbonyl (C=O) groups excluding carboxylic acids is 3. The number of hydrogen-bond donors (Lipinski definition) is 5. The van der Waals surface area contributed by atoms with Crippen LogP contribution >= 0.6 is 11.3 Å². The lowest BCUT2D eigenvalue weighted by atomic mass is 10.1. The van der Waals surface area contributed by atoms with E-state index in [1.807, 2.05) is 86.0 Å². The molecule has 0 radical (unpaired) electrons. The second-order valence-electron chi connectivity index (χ2n) is 16.5. The Labute approximate surface area is 371 Å². The van der Waals surface area contributed by atoms with Crippen LogP contribution in [0.1, 0.15) is 57.9 Å². The quantitative estimate of drug-likeness (QED) is 0.100. The third-order valence-electron chi connectivity index (χ3n) is 11.5. The molecule has 2 aliphatic heterocycles. The van der Waals surface area contributed by atoms with E-state index >= 15 is 0 Å². The molecule has 15 nitrogen and oxygen atoms in total. The summed E-state index contributed by atoms with van der Waals surface area (Å²) in [4.78, 5) is 52.7. The molecule has 2 fully saturated rings. The van der Waals surface area contributed by atoms with Crippen molar-refractivity contribution in [2.75, 3.05) is 30.8 Å². The smallest absolute Gasteiger partial charge is 0.318 e. The van der Waals surface area contributed by atoms with Crippen LogP contribution in [0.3, 0.4) is 0 Å². The summed E-state index contributed by atoms with van der Waals surface area (Å²) in [6.45, 7) is 4.93. The molecule has 1 aliphatic carbocycles. The molecular formula is C46H53N8O7S2+. The van der Waals surface area contributed by atoms with Gasteiger partial charge in [0.15, 0.2) is 5.13 Å². The molecule has 1 saturated carbocycles. The van der Waals surface area contributed by atoms with Gasteiger partial charge in [0.05, 0.1) is 36.9 Å². The van der Waals surface area contributed by atoms with Gasteiger partial charge in [0.1, 0.15) is 39.8 Å². The number of benzene rings is 3. The van der Waals surface area contributed by atoms with Crippen molar-refractivity contribution in [2.45, 2.75) is 87.5 Å². The number of rotatable bonds is 10. The number of thiazole rings is 1. The molecular weight excluding hydrogens is 841 g/mol. The number of allylic oxidation sites excluding steroid dienone is 1. The average Bonchev–Trinajstić information content (AvgIpc) is 3.53. The van der Waals surface area contributed by atoms with Crippen LogP contribution in [0.4, 0.5) is 15.6 Å². The van der Waals surface area contributed by atoms with Crippen LogP contribution in [-0.2, 0) is 26.2 Å². The molecule has 0 bridgehead atoms. The molecule has 2 aromatic heterocycles. The number of likely N-dealkylation sites (tertiary alicyclic amines) is 1. The van der Waals surface area contributed by atoms with Gasteiger partial charge < -0.3 is 35.6 Å². The highest BCUT2D eigenvalue weighted by atomic mass is 32.2. The summed E-state index contributed by atoms with van der Waals surface area (Å²) >= 11 is 1.49. The number of sulfonamides is 1. The Morgan fingerprint density at radius 1 is 1.05 bits per heavy atom. The zero-order valence-corrected chi connectivity index (χ0v) is 37.1. The highest BCUT2D eigenvalue weighted by Crippen LogP contribution is 2.46. The highest BCUT2D eigenvalue weighted by molar-refractivity contribution is 7.90. The Kier molecular flexibility index (Phi) is 12.9. The predicted molar refractivity (Wildman–Crippen MR) is 242 cm³/mol. The van der Waals surface area contributed by atoms with Crippen molar-refractivity contribution in [2.24, 2.45) is 5.92 Å². The summed E-state index contributed by atoms with van der Waals surface area (Å²) in [6, 6.07) is 22.0. The zero-order valence-electron chi connectivity index (χ0n) is 35.5. The van der Waals surface area contributed by atoms with Crippen LogP contribution in [0.25, 0.3) is 22.3 Å². The van der Waals surface area contributed by atoms with Crippen LogP contribution in [0.2, 0.25) is 0 Å². The van der Waals surface area contributed by atoms with E-state index in [-0.39, 0.29) is 36.9 Å². The standard InChI is InChI=1S/C46H52N8O7S2/c1-29(2)49-44-51-38(28-62-44)37-24-40(34-20-19-32(60-3)22-36(34)50-37)61-33-23-39(54(27-33)45(57)48-26-30-14-8-7-9-15-30)42(55)52-46-25-31(46)16-10-5-4-6-13-21-47-35-17-11-12-18-41(35)63(58,59)53-43(46)56/h7-12,14-20,22,24,28-29,31,33,39,47H,4-6,13,21,23,25-27H2,1-3H3,(H,48,57)(H,49,51)(H,52,55)(H,53,56)/p+1/b16-10-/t31-,33-,39+,46-/m1/s1. The Bertz CT molecular complexity index is 2620. The molecule has 0 unspecified atom stereocenters. The topological polar surface area (TPSA) is 194 Å². The Hall–Kier alpha value is -6.20.